The number of ether oxygens (including phenoxy) is 1. The molecule has 1 N–H and O–H groups in total. The highest BCUT2D eigenvalue weighted by Crippen LogP contribution is 2.33. The molecule has 0 radical (unpaired) electrons. The summed E-state index contributed by atoms with van der Waals surface area (Å²) in [6, 6.07) is 5.42. The molecule has 0 aromatic heterocycles. The van der Waals surface area contributed by atoms with Crippen LogP contribution in [0.15, 0.2) is 18.2 Å². The number of hydrogen-bond acceptors (Lipinski definition) is 4. The van der Waals surface area contributed by atoms with E-state index in [1.54, 1.807) is 24.9 Å². The maximum absolute atomic E-state index is 12.2. The number of rotatable bonds is 5. The fourth-order valence-electron chi connectivity index (χ4n) is 2.20. The number of halogens is 1. The lowest BCUT2D eigenvalue weighted by Gasteiger charge is -2.32. The summed E-state index contributed by atoms with van der Waals surface area (Å²) in [4.78, 5) is 15.9. The first-order valence-electron chi connectivity index (χ1n) is 7.06. The van der Waals surface area contributed by atoms with Crippen LogP contribution in [0, 0.1) is 0 Å². The first kappa shape index (κ1) is 15.9. The van der Waals surface area contributed by atoms with Crippen molar-refractivity contribution in [1.29, 1.82) is 0 Å². The SMILES string of the molecule is CC(O)CCN(C)C(=O)CN1CCOc2ccc(Cl)cc21. The van der Waals surface area contributed by atoms with Gasteiger partial charge in [-0.25, -0.2) is 0 Å². The molecule has 2 rings (SSSR count). The van der Waals surface area contributed by atoms with E-state index in [1.807, 2.05) is 17.0 Å². The lowest BCUT2D eigenvalue weighted by atomic mass is 10.2. The van der Waals surface area contributed by atoms with Gasteiger partial charge in [0.2, 0.25) is 5.91 Å². The Morgan fingerprint density at radius 1 is 1.57 bits per heavy atom. The van der Waals surface area contributed by atoms with Gasteiger partial charge in [-0.2, -0.15) is 0 Å². The number of carbonyl (C=O) groups excluding carboxylic acids is 1. The average molecular weight is 313 g/mol. The Labute approximate surface area is 130 Å². The third-order valence-electron chi connectivity index (χ3n) is 3.51. The number of aliphatic hydroxyl groups excluding tert-OH is 1. The summed E-state index contributed by atoms with van der Waals surface area (Å²) >= 11 is 6.02. The zero-order valence-electron chi connectivity index (χ0n) is 12.4. The molecule has 116 valence electrons. The molecule has 0 saturated carbocycles. The largest absolute Gasteiger partial charge is 0.490 e. The number of anilines is 1. The van der Waals surface area contributed by atoms with Crippen LogP contribution in [-0.2, 0) is 4.79 Å². The third-order valence-corrected chi connectivity index (χ3v) is 3.75. The van der Waals surface area contributed by atoms with Gasteiger partial charge in [0.25, 0.3) is 0 Å². The maximum atomic E-state index is 12.2. The number of hydrogen-bond donors (Lipinski definition) is 1. The van der Waals surface area contributed by atoms with Crippen LogP contribution in [0.5, 0.6) is 5.75 Å². The van der Waals surface area contributed by atoms with Crippen molar-refractivity contribution in [2.24, 2.45) is 0 Å². The lowest BCUT2D eigenvalue weighted by Crippen LogP contribution is -2.42. The Kier molecular flexibility index (Phi) is 5.31. The Hall–Kier alpha value is -1.46. The third kappa shape index (κ3) is 4.25. The van der Waals surface area contributed by atoms with E-state index >= 15 is 0 Å². The van der Waals surface area contributed by atoms with Crippen LogP contribution < -0.4 is 9.64 Å². The van der Waals surface area contributed by atoms with Gasteiger partial charge in [-0.1, -0.05) is 11.6 Å². The van der Waals surface area contributed by atoms with Crippen LogP contribution in [0.1, 0.15) is 13.3 Å². The molecular formula is C15H21ClN2O3. The highest BCUT2D eigenvalue weighted by molar-refractivity contribution is 6.31. The van der Waals surface area contributed by atoms with Gasteiger partial charge >= 0.3 is 0 Å². The van der Waals surface area contributed by atoms with Crippen molar-refractivity contribution in [2.75, 3.05) is 38.2 Å². The van der Waals surface area contributed by atoms with Crippen molar-refractivity contribution in [3.63, 3.8) is 0 Å². The van der Waals surface area contributed by atoms with Gasteiger partial charge in [-0.05, 0) is 31.5 Å². The molecule has 21 heavy (non-hydrogen) atoms. The van der Waals surface area contributed by atoms with Crippen molar-refractivity contribution in [2.45, 2.75) is 19.4 Å². The van der Waals surface area contributed by atoms with Crippen molar-refractivity contribution in [1.82, 2.24) is 4.90 Å². The Balaban J connectivity index is 2.01. The molecule has 1 aromatic rings. The molecule has 0 aliphatic carbocycles. The average Bonchev–Trinajstić information content (AvgIpc) is 2.45. The minimum absolute atomic E-state index is 0.0171. The molecule has 0 bridgehead atoms. The summed E-state index contributed by atoms with van der Waals surface area (Å²) in [5, 5.41) is 9.91. The van der Waals surface area contributed by atoms with Gasteiger partial charge in [0.1, 0.15) is 12.4 Å². The quantitative estimate of drug-likeness (QED) is 0.900. The van der Waals surface area contributed by atoms with E-state index in [-0.39, 0.29) is 12.5 Å². The van der Waals surface area contributed by atoms with Gasteiger partial charge in [0.15, 0.2) is 0 Å². The number of likely N-dealkylation sites (N-methyl/N-ethyl adjacent to an activating group) is 1. The molecule has 1 aliphatic rings. The van der Waals surface area contributed by atoms with Crippen LogP contribution in [0.4, 0.5) is 5.69 Å². The van der Waals surface area contributed by atoms with Gasteiger partial charge in [-0.3, -0.25) is 4.79 Å². The molecule has 0 saturated heterocycles. The number of benzene rings is 1. The second kappa shape index (κ2) is 7.00. The summed E-state index contributed by atoms with van der Waals surface area (Å²) < 4.78 is 5.57. The monoisotopic (exact) mass is 312 g/mol. The summed E-state index contributed by atoms with van der Waals surface area (Å²) in [6.07, 6.45) is 0.177. The van der Waals surface area contributed by atoms with Crippen LogP contribution in [0.3, 0.4) is 0 Å². The van der Waals surface area contributed by atoms with Crippen LogP contribution in [0.2, 0.25) is 5.02 Å². The standard InChI is InChI=1S/C15H21ClN2O3/c1-11(19)5-6-17(2)15(20)10-18-7-8-21-14-4-3-12(16)9-13(14)18/h3-4,9,11,19H,5-8,10H2,1-2H3. The molecule has 1 amide bonds. The predicted octanol–water partition coefficient (Wildman–Crippen LogP) is 1.77. The first-order chi connectivity index (χ1) is 9.97. The molecule has 0 fully saturated rings. The van der Waals surface area contributed by atoms with Crippen LogP contribution >= 0.6 is 11.6 Å². The smallest absolute Gasteiger partial charge is 0.241 e. The number of carbonyl (C=O) groups is 1. The topological polar surface area (TPSA) is 53.0 Å². The molecular weight excluding hydrogens is 292 g/mol. The van der Waals surface area contributed by atoms with Crippen molar-refractivity contribution in [3.05, 3.63) is 23.2 Å². The second-order valence-corrected chi connectivity index (χ2v) is 5.77. The van der Waals surface area contributed by atoms with E-state index in [2.05, 4.69) is 0 Å². The summed E-state index contributed by atoms with van der Waals surface area (Å²) in [5.74, 6) is 0.772. The van der Waals surface area contributed by atoms with E-state index in [0.717, 1.165) is 11.4 Å². The maximum Gasteiger partial charge on any atom is 0.241 e. The van der Waals surface area contributed by atoms with Crippen molar-refractivity contribution >= 4 is 23.2 Å². The van der Waals surface area contributed by atoms with E-state index < -0.39 is 6.10 Å². The normalized spacial score (nSPS) is 15.1. The Bertz CT molecular complexity index is 508. The fraction of sp³-hybridized carbons (Fsp3) is 0.533. The Morgan fingerprint density at radius 3 is 3.05 bits per heavy atom. The highest BCUT2D eigenvalue weighted by atomic mass is 35.5. The zero-order chi connectivity index (χ0) is 15.4. The lowest BCUT2D eigenvalue weighted by molar-refractivity contribution is -0.128. The van der Waals surface area contributed by atoms with Crippen molar-refractivity contribution in [3.8, 4) is 5.75 Å². The molecule has 1 aliphatic heterocycles. The molecule has 1 aromatic carbocycles. The van der Waals surface area contributed by atoms with E-state index in [4.69, 9.17) is 16.3 Å². The van der Waals surface area contributed by atoms with E-state index in [0.29, 0.717) is 31.1 Å². The fourth-order valence-corrected chi connectivity index (χ4v) is 2.37. The number of fused-ring (bicyclic) bond motifs is 1. The van der Waals surface area contributed by atoms with Gasteiger partial charge in [-0.15, -0.1) is 0 Å². The molecule has 1 atom stereocenters. The predicted molar refractivity (Wildman–Crippen MR) is 83.1 cm³/mol. The van der Waals surface area contributed by atoms with Gasteiger partial charge in [0, 0.05) is 18.6 Å². The van der Waals surface area contributed by atoms with Crippen molar-refractivity contribution < 1.29 is 14.6 Å². The highest BCUT2D eigenvalue weighted by Gasteiger charge is 2.22. The van der Waals surface area contributed by atoms with Crippen LogP contribution in [-0.4, -0.2) is 55.3 Å². The minimum atomic E-state index is -0.400. The summed E-state index contributed by atoms with van der Waals surface area (Å²) in [7, 11) is 1.75. The molecule has 1 heterocycles. The van der Waals surface area contributed by atoms with E-state index in [1.165, 1.54) is 0 Å². The van der Waals surface area contributed by atoms with Gasteiger partial charge in [0.05, 0.1) is 24.9 Å². The van der Waals surface area contributed by atoms with E-state index in [9.17, 15) is 9.90 Å². The second-order valence-electron chi connectivity index (χ2n) is 5.34. The molecule has 6 heteroatoms. The molecule has 1 unspecified atom stereocenters. The van der Waals surface area contributed by atoms with Gasteiger partial charge < -0.3 is 19.6 Å². The summed E-state index contributed by atoms with van der Waals surface area (Å²) in [6.45, 7) is 3.76. The zero-order valence-corrected chi connectivity index (χ0v) is 13.1. The molecule has 0 spiro atoms. The Morgan fingerprint density at radius 2 is 2.33 bits per heavy atom. The van der Waals surface area contributed by atoms with Crippen LogP contribution in [0.25, 0.3) is 0 Å². The number of amides is 1. The summed E-state index contributed by atoms with van der Waals surface area (Å²) in [5.41, 5.74) is 0.853. The first-order valence-corrected chi connectivity index (χ1v) is 7.44. The minimum Gasteiger partial charge on any atom is -0.490 e. The number of aliphatic hydroxyl groups is 1. The molecule has 5 nitrogen and oxygen atoms in total. The number of nitrogens with zero attached hydrogens (tertiary/aromatic N) is 2.